The van der Waals surface area contributed by atoms with E-state index in [1.165, 1.54) is 19.1 Å². The van der Waals surface area contributed by atoms with Crippen molar-refractivity contribution in [2.24, 2.45) is 0 Å². The topological polar surface area (TPSA) is 102 Å². The third-order valence-electron chi connectivity index (χ3n) is 4.67. The zero-order valence-corrected chi connectivity index (χ0v) is 20.0. The summed E-state index contributed by atoms with van der Waals surface area (Å²) < 4.78 is 65.9. The van der Waals surface area contributed by atoms with Gasteiger partial charge in [0.15, 0.2) is 0 Å². The maximum atomic E-state index is 13.4. The lowest BCUT2D eigenvalue weighted by Crippen LogP contribution is -2.30. The number of aliphatic hydroxyl groups is 1. The zero-order chi connectivity index (χ0) is 24.9. The molecule has 1 atom stereocenters. The molecule has 3 aromatic rings. The van der Waals surface area contributed by atoms with Crippen molar-refractivity contribution in [3.8, 4) is 0 Å². The van der Waals surface area contributed by atoms with Crippen molar-refractivity contribution in [2.45, 2.75) is 23.6 Å². The predicted molar refractivity (Wildman–Crippen MR) is 121 cm³/mol. The van der Waals surface area contributed by atoms with Crippen LogP contribution in [0.2, 0.25) is 10.0 Å². The van der Waals surface area contributed by atoms with Gasteiger partial charge in [-0.05, 0) is 37.3 Å². The molecule has 0 bridgehead atoms. The van der Waals surface area contributed by atoms with E-state index in [0.717, 1.165) is 24.1 Å². The molecule has 0 aliphatic rings. The number of nitro benzene ring substituents is 1. The molecule has 0 aliphatic carbocycles. The van der Waals surface area contributed by atoms with E-state index in [1.54, 1.807) is 6.07 Å². The van der Waals surface area contributed by atoms with Crippen LogP contribution in [-0.4, -0.2) is 34.4 Å². The highest BCUT2D eigenvalue weighted by Gasteiger charge is 2.40. The van der Waals surface area contributed by atoms with Gasteiger partial charge in [-0.1, -0.05) is 23.2 Å². The first-order valence-electron chi connectivity index (χ1n) is 8.95. The van der Waals surface area contributed by atoms with Gasteiger partial charge in [0, 0.05) is 22.1 Å². The highest BCUT2D eigenvalue weighted by atomic mass is 35.5. The Bertz CT molecular complexity index is 1370. The van der Waals surface area contributed by atoms with Crippen molar-refractivity contribution in [3.63, 3.8) is 0 Å². The number of fused-ring (bicyclic) bond motifs is 1. The quantitative estimate of drug-likeness (QED) is 0.244. The second-order valence-electron chi connectivity index (χ2n) is 7.38. The average Bonchev–Trinajstić information content (AvgIpc) is 3.07. The molecule has 14 heteroatoms. The first kappa shape index (κ1) is 25.6. The molecule has 2 aromatic carbocycles. The number of halogens is 5. The Hall–Kier alpha value is -1.99. The van der Waals surface area contributed by atoms with Gasteiger partial charge in [0.05, 0.1) is 32.4 Å². The summed E-state index contributed by atoms with van der Waals surface area (Å²) in [5, 5.41) is 22.7. The van der Waals surface area contributed by atoms with Crippen LogP contribution in [0.3, 0.4) is 0 Å². The summed E-state index contributed by atoms with van der Waals surface area (Å²) in [6.07, 6.45) is -4.34. The number of aromatic nitrogens is 1. The Balaban J connectivity index is 2.18. The van der Waals surface area contributed by atoms with Crippen molar-refractivity contribution in [1.29, 1.82) is 0 Å². The lowest BCUT2D eigenvalue weighted by Gasteiger charge is -2.24. The Morgan fingerprint density at radius 3 is 2.30 bits per heavy atom. The highest BCUT2D eigenvalue weighted by molar-refractivity contribution is 7.99. The van der Waals surface area contributed by atoms with Gasteiger partial charge in [0.2, 0.25) is 10.0 Å². The number of nitro groups is 1. The SMILES string of the molecule is CC(O)(CSc1ccc(Cl)c(Cl)c1)c1cc2cc([N+](=O)[O-])c(C(F)(F)F)cc2n1S(C)(=O)=O. The Morgan fingerprint density at radius 1 is 1.15 bits per heavy atom. The molecule has 0 fully saturated rings. The van der Waals surface area contributed by atoms with Crippen LogP contribution >= 0.6 is 35.0 Å². The number of thioether (sulfide) groups is 1. The van der Waals surface area contributed by atoms with Crippen LogP contribution < -0.4 is 0 Å². The highest BCUT2D eigenvalue weighted by Crippen LogP contribution is 2.41. The normalized spacial score (nSPS) is 14.4. The molecule has 0 amide bonds. The van der Waals surface area contributed by atoms with Crippen LogP contribution in [0.25, 0.3) is 10.9 Å². The zero-order valence-electron chi connectivity index (χ0n) is 16.9. The largest absolute Gasteiger partial charge is 0.423 e. The molecule has 0 saturated heterocycles. The molecule has 1 heterocycles. The van der Waals surface area contributed by atoms with Gasteiger partial charge in [-0.25, -0.2) is 12.4 Å². The average molecular weight is 543 g/mol. The minimum Gasteiger partial charge on any atom is -0.383 e. The summed E-state index contributed by atoms with van der Waals surface area (Å²) >= 11 is 12.9. The van der Waals surface area contributed by atoms with E-state index < -0.39 is 43.5 Å². The van der Waals surface area contributed by atoms with Gasteiger partial charge >= 0.3 is 6.18 Å². The summed E-state index contributed by atoms with van der Waals surface area (Å²) in [6, 6.07) is 6.87. The molecular weight excluding hydrogens is 528 g/mol. The summed E-state index contributed by atoms with van der Waals surface area (Å²) in [5.74, 6) is -0.120. The summed E-state index contributed by atoms with van der Waals surface area (Å²) in [4.78, 5) is 10.6. The lowest BCUT2D eigenvalue weighted by molar-refractivity contribution is -0.387. The van der Waals surface area contributed by atoms with E-state index in [2.05, 4.69) is 0 Å². The standard InChI is InChI=1S/C19H15Cl2F3N2O5S2/c1-18(27,9-32-11-3-4-13(20)14(21)7-11)17-6-10-5-16(26(28)29)12(19(22,23)24)8-15(10)25(17)33(2,30)31/h3-8,27H,9H2,1-2H3. The van der Waals surface area contributed by atoms with Gasteiger partial charge in [0.1, 0.15) is 11.2 Å². The van der Waals surface area contributed by atoms with E-state index >= 15 is 0 Å². The van der Waals surface area contributed by atoms with Crippen molar-refractivity contribution < 1.29 is 31.6 Å². The van der Waals surface area contributed by atoms with E-state index in [9.17, 15) is 36.8 Å². The molecular formula is C19H15Cl2F3N2O5S2. The van der Waals surface area contributed by atoms with E-state index in [4.69, 9.17) is 23.2 Å². The number of alkyl halides is 3. The van der Waals surface area contributed by atoms with E-state index in [0.29, 0.717) is 26.0 Å². The third-order valence-corrected chi connectivity index (χ3v) is 7.76. The van der Waals surface area contributed by atoms with E-state index in [-0.39, 0.29) is 21.9 Å². The van der Waals surface area contributed by atoms with Crippen molar-refractivity contribution in [2.75, 3.05) is 12.0 Å². The second-order valence-corrected chi connectivity index (χ2v) is 11.1. The van der Waals surface area contributed by atoms with Gasteiger partial charge < -0.3 is 5.11 Å². The minimum atomic E-state index is -5.10. The molecule has 0 saturated carbocycles. The molecule has 1 unspecified atom stereocenters. The number of rotatable bonds is 6. The molecule has 0 radical (unpaired) electrons. The fraction of sp³-hybridized carbons (Fsp3) is 0.263. The summed E-state index contributed by atoms with van der Waals surface area (Å²) in [6.45, 7) is 1.28. The maximum absolute atomic E-state index is 13.4. The molecule has 178 valence electrons. The first-order valence-corrected chi connectivity index (χ1v) is 12.5. The Morgan fingerprint density at radius 2 is 1.79 bits per heavy atom. The van der Waals surface area contributed by atoms with Crippen LogP contribution in [0.15, 0.2) is 41.3 Å². The monoisotopic (exact) mass is 542 g/mol. The van der Waals surface area contributed by atoms with E-state index in [1.807, 2.05) is 0 Å². The molecule has 1 N–H and O–H groups in total. The Kier molecular flexibility index (Phi) is 6.72. The lowest BCUT2D eigenvalue weighted by atomic mass is 10.1. The maximum Gasteiger partial charge on any atom is 0.423 e. The fourth-order valence-corrected chi connectivity index (χ4v) is 5.64. The van der Waals surface area contributed by atoms with Crippen molar-refractivity contribution in [3.05, 3.63) is 67.8 Å². The van der Waals surface area contributed by atoms with Crippen molar-refractivity contribution in [1.82, 2.24) is 3.97 Å². The van der Waals surface area contributed by atoms with Gasteiger partial charge in [-0.2, -0.15) is 13.2 Å². The second kappa shape index (κ2) is 8.66. The smallest absolute Gasteiger partial charge is 0.383 e. The van der Waals surface area contributed by atoms with Crippen LogP contribution in [0, 0.1) is 10.1 Å². The number of hydrogen-bond donors (Lipinski definition) is 1. The van der Waals surface area contributed by atoms with Crippen LogP contribution in [0.1, 0.15) is 18.2 Å². The first-order chi connectivity index (χ1) is 15.0. The fourth-order valence-electron chi connectivity index (χ4n) is 3.19. The summed E-state index contributed by atoms with van der Waals surface area (Å²) in [5.41, 5.74) is -5.38. The molecule has 0 spiro atoms. The molecule has 33 heavy (non-hydrogen) atoms. The molecule has 1 aromatic heterocycles. The number of hydrogen-bond acceptors (Lipinski definition) is 6. The van der Waals surface area contributed by atoms with Crippen molar-refractivity contribution >= 4 is 61.6 Å². The van der Waals surface area contributed by atoms with Crippen LogP contribution in [0.5, 0.6) is 0 Å². The van der Waals surface area contributed by atoms with Gasteiger partial charge in [-0.15, -0.1) is 11.8 Å². The number of benzene rings is 2. The van der Waals surface area contributed by atoms with Gasteiger partial charge in [-0.3, -0.25) is 10.1 Å². The third kappa shape index (κ3) is 5.24. The number of nitrogens with zero attached hydrogens (tertiary/aromatic N) is 2. The summed E-state index contributed by atoms with van der Waals surface area (Å²) in [7, 11) is -4.22. The van der Waals surface area contributed by atoms with Crippen LogP contribution in [0.4, 0.5) is 18.9 Å². The minimum absolute atomic E-state index is 0.120. The van der Waals surface area contributed by atoms with Gasteiger partial charge in [0.25, 0.3) is 5.69 Å². The van der Waals surface area contributed by atoms with Crippen LogP contribution in [-0.2, 0) is 21.8 Å². The molecule has 3 rings (SSSR count). The molecule has 7 nitrogen and oxygen atoms in total. The molecule has 0 aliphatic heterocycles. The predicted octanol–water partition coefficient (Wildman–Crippen LogP) is 5.68. The Labute approximate surface area is 200 Å².